The minimum Gasteiger partial charge on any atom is -0.392 e. The minimum absolute atomic E-state index is 0.198. The Morgan fingerprint density at radius 2 is 2.00 bits per heavy atom. The summed E-state index contributed by atoms with van der Waals surface area (Å²) < 4.78 is 0. The van der Waals surface area contributed by atoms with Crippen molar-refractivity contribution in [2.45, 2.75) is 59.1 Å². The van der Waals surface area contributed by atoms with Crippen LogP contribution >= 0.6 is 0 Å². The molecule has 1 heterocycles. The molecule has 1 saturated heterocycles. The highest BCUT2D eigenvalue weighted by Crippen LogP contribution is 2.25. The fourth-order valence-electron chi connectivity index (χ4n) is 2.81. The molecule has 1 aliphatic rings. The number of piperidine rings is 1. The van der Waals surface area contributed by atoms with Gasteiger partial charge in [0.05, 0.1) is 6.10 Å². The van der Waals surface area contributed by atoms with E-state index in [0.29, 0.717) is 12.0 Å². The molecular formula is C14H30N2O. The molecule has 3 heteroatoms. The van der Waals surface area contributed by atoms with Gasteiger partial charge in [-0.2, -0.15) is 0 Å². The van der Waals surface area contributed by atoms with Crippen LogP contribution in [0.2, 0.25) is 0 Å². The van der Waals surface area contributed by atoms with Crippen LogP contribution in [-0.2, 0) is 0 Å². The lowest BCUT2D eigenvalue weighted by atomic mass is 9.80. The van der Waals surface area contributed by atoms with Gasteiger partial charge >= 0.3 is 0 Å². The molecular weight excluding hydrogens is 212 g/mol. The summed E-state index contributed by atoms with van der Waals surface area (Å²) in [5, 5.41) is 17.1. The van der Waals surface area contributed by atoms with Crippen molar-refractivity contribution in [3.63, 3.8) is 0 Å². The molecule has 3 nitrogen and oxygen atoms in total. The van der Waals surface area contributed by atoms with Crippen LogP contribution in [0.25, 0.3) is 0 Å². The van der Waals surface area contributed by atoms with Gasteiger partial charge in [0.2, 0.25) is 0 Å². The van der Waals surface area contributed by atoms with Crippen LogP contribution in [0.15, 0.2) is 0 Å². The van der Waals surface area contributed by atoms with Gasteiger partial charge in [-0.1, -0.05) is 40.5 Å². The zero-order valence-corrected chi connectivity index (χ0v) is 11.9. The molecule has 0 aromatic carbocycles. The van der Waals surface area contributed by atoms with Crippen molar-refractivity contribution in [2.75, 3.05) is 19.6 Å². The smallest absolute Gasteiger partial charge is 0.0692 e. The van der Waals surface area contributed by atoms with Crippen molar-refractivity contribution in [1.82, 2.24) is 10.6 Å². The van der Waals surface area contributed by atoms with E-state index in [1.807, 2.05) is 0 Å². The molecule has 0 bridgehead atoms. The molecule has 17 heavy (non-hydrogen) atoms. The van der Waals surface area contributed by atoms with Crippen LogP contribution in [0.4, 0.5) is 0 Å². The molecule has 1 aliphatic heterocycles. The van der Waals surface area contributed by atoms with Gasteiger partial charge in [0.1, 0.15) is 0 Å². The highest BCUT2D eigenvalue weighted by Gasteiger charge is 2.32. The van der Waals surface area contributed by atoms with Crippen LogP contribution in [0, 0.1) is 11.3 Å². The number of nitrogens with one attached hydrogen (secondary N) is 2. The van der Waals surface area contributed by atoms with E-state index in [-0.39, 0.29) is 11.5 Å². The number of hydrogen-bond donors (Lipinski definition) is 3. The largest absolute Gasteiger partial charge is 0.392 e. The van der Waals surface area contributed by atoms with E-state index in [9.17, 15) is 5.11 Å². The van der Waals surface area contributed by atoms with Crippen molar-refractivity contribution < 1.29 is 5.11 Å². The summed E-state index contributed by atoms with van der Waals surface area (Å²) in [5.74, 6) is 0.437. The number of rotatable bonds is 6. The predicted octanol–water partition coefficient (Wildman–Crippen LogP) is 1.76. The SMILES string of the molecule is CCC(CC)C(O)CNC1CCNCC1(C)C. The molecule has 1 fully saturated rings. The monoisotopic (exact) mass is 242 g/mol. The third kappa shape index (κ3) is 4.23. The normalized spacial score (nSPS) is 26.1. The second kappa shape index (κ2) is 6.72. The summed E-state index contributed by atoms with van der Waals surface area (Å²) in [6, 6.07) is 0.521. The van der Waals surface area contributed by atoms with Gasteiger partial charge in [0.15, 0.2) is 0 Å². The van der Waals surface area contributed by atoms with Crippen molar-refractivity contribution in [1.29, 1.82) is 0 Å². The maximum atomic E-state index is 10.1. The molecule has 0 aromatic rings. The highest BCUT2D eigenvalue weighted by atomic mass is 16.3. The first-order valence-electron chi connectivity index (χ1n) is 7.13. The quantitative estimate of drug-likeness (QED) is 0.665. The van der Waals surface area contributed by atoms with Gasteiger partial charge in [-0.05, 0) is 24.3 Å². The fourth-order valence-corrected chi connectivity index (χ4v) is 2.81. The standard InChI is InChI=1S/C14H30N2O/c1-5-11(6-2)12(17)9-16-13-7-8-15-10-14(13,3)4/h11-13,15-17H,5-10H2,1-4H3. The third-order valence-electron chi connectivity index (χ3n) is 4.30. The van der Waals surface area contributed by atoms with E-state index in [0.717, 1.165) is 38.9 Å². The van der Waals surface area contributed by atoms with Crippen molar-refractivity contribution in [3.8, 4) is 0 Å². The Labute approximate surface area is 106 Å². The zero-order valence-electron chi connectivity index (χ0n) is 11.9. The van der Waals surface area contributed by atoms with Gasteiger partial charge in [-0.25, -0.2) is 0 Å². The van der Waals surface area contributed by atoms with E-state index in [4.69, 9.17) is 0 Å². The zero-order chi connectivity index (χ0) is 12.9. The molecule has 102 valence electrons. The lowest BCUT2D eigenvalue weighted by Gasteiger charge is -2.40. The molecule has 0 radical (unpaired) electrons. The summed E-state index contributed by atoms with van der Waals surface area (Å²) in [5.41, 5.74) is 0.284. The Morgan fingerprint density at radius 3 is 2.53 bits per heavy atom. The third-order valence-corrected chi connectivity index (χ3v) is 4.30. The second-order valence-corrected chi connectivity index (χ2v) is 6.06. The highest BCUT2D eigenvalue weighted by molar-refractivity contribution is 4.90. The minimum atomic E-state index is -0.198. The maximum absolute atomic E-state index is 10.1. The van der Waals surface area contributed by atoms with E-state index < -0.39 is 0 Å². The van der Waals surface area contributed by atoms with Gasteiger partial charge in [0, 0.05) is 19.1 Å². The molecule has 0 amide bonds. The Bertz CT molecular complexity index is 214. The molecule has 1 rings (SSSR count). The van der Waals surface area contributed by atoms with E-state index in [1.54, 1.807) is 0 Å². The van der Waals surface area contributed by atoms with E-state index in [2.05, 4.69) is 38.3 Å². The van der Waals surface area contributed by atoms with Crippen LogP contribution in [-0.4, -0.2) is 36.9 Å². The van der Waals surface area contributed by atoms with Gasteiger partial charge in [0.25, 0.3) is 0 Å². The summed E-state index contributed by atoms with van der Waals surface area (Å²) in [4.78, 5) is 0. The lowest BCUT2D eigenvalue weighted by Crippen LogP contribution is -2.54. The first-order valence-corrected chi connectivity index (χ1v) is 7.13. The van der Waals surface area contributed by atoms with Crippen molar-refractivity contribution in [2.24, 2.45) is 11.3 Å². The maximum Gasteiger partial charge on any atom is 0.0692 e. The summed E-state index contributed by atoms with van der Waals surface area (Å²) in [7, 11) is 0. The van der Waals surface area contributed by atoms with E-state index in [1.165, 1.54) is 0 Å². The fraction of sp³-hybridized carbons (Fsp3) is 1.00. The van der Waals surface area contributed by atoms with Crippen LogP contribution in [0.1, 0.15) is 47.0 Å². The molecule has 0 saturated carbocycles. The molecule has 2 unspecified atom stereocenters. The summed E-state index contributed by atoms with van der Waals surface area (Å²) >= 11 is 0. The molecule has 0 aromatic heterocycles. The Balaban J connectivity index is 2.38. The lowest BCUT2D eigenvalue weighted by molar-refractivity contribution is 0.0848. The Kier molecular flexibility index (Phi) is 5.90. The second-order valence-electron chi connectivity index (χ2n) is 6.06. The first kappa shape index (κ1) is 14.9. The summed E-state index contributed by atoms with van der Waals surface area (Å²) in [6.45, 7) is 11.8. The molecule has 0 spiro atoms. The number of hydrogen-bond acceptors (Lipinski definition) is 3. The van der Waals surface area contributed by atoms with Gasteiger partial charge in [-0.15, -0.1) is 0 Å². The first-order chi connectivity index (χ1) is 8.01. The average Bonchev–Trinajstić information content (AvgIpc) is 2.28. The van der Waals surface area contributed by atoms with Crippen LogP contribution in [0.5, 0.6) is 0 Å². The predicted molar refractivity (Wildman–Crippen MR) is 73.1 cm³/mol. The van der Waals surface area contributed by atoms with Gasteiger partial charge < -0.3 is 15.7 Å². The van der Waals surface area contributed by atoms with Gasteiger partial charge in [-0.3, -0.25) is 0 Å². The van der Waals surface area contributed by atoms with Crippen LogP contribution in [0.3, 0.4) is 0 Å². The topological polar surface area (TPSA) is 44.3 Å². The average molecular weight is 242 g/mol. The van der Waals surface area contributed by atoms with E-state index >= 15 is 0 Å². The summed E-state index contributed by atoms with van der Waals surface area (Å²) in [6.07, 6.45) is 3.09. The Morgan fingerprint density at radius 1 is 1.35 bits per heavy atom. The number of aliphatic hydroxyl groups is 1. The molecule has 2 atom stereocenters. The molecule has 3 N–H and O–H groups in total. The molecule has 0 aliphatic carbocycles. The number of aliphatic hydroxyl groups excluding tert-OH is 1. The Hall–Kier alpha value is -0.120. The van der Waals surface area contributed by atoms with Crippen LogP contribution < -0.4 is 10.6 Å². The van der Waals surface area contributed by atoms with Crippen molar-refractivity contribution >= 4 is 0 Å². The van der Waals surface area contributed by atoms with Crippen molar-refractivity contribution in [3.05, 3.63) is 0 Å².